The summed E-state index contributed by atoms with van der Waals surface area (Å²) in [4.78, 5) is 39.1. The van der Waals surface area contributed by atoms with E-state index in [0.717, 1.165) is 0 Å². The van der Waals surface area contributed by atoms with Crippen molar-refractivity contribution in [3.05, 3.63) is 28.1 Å². The molecule has 3 heterocycles. The standard InChI is InChI=1S/C15H16N2O6S/c1-16(15(20)17-3-5-22-6-4-17)12-8-10-11(24-12)7-9(13(18)21-2)14(19)23-10/h7-8H,3-6H2,1-2H3. The van der Waals surface area contributed by atoms with E-state index in [2.05, 4.69) is 4.74 Å². The Hall–Kier alpha value is -2.39. The Kier molecular flexibility index (Phi) is 4.54. The number of carbonyl (C=O) groups is 2. The summed E-state index contributed by atoms with van der Waals surface area (Å²) in [6.07, 6.45) is 0. The van der Waals surface area contributed by atoms with Gasteiger partial charge in [0.15, 0.2) is 5.58 Å². The highest BCUT2D eigenvalue weighted by molar-refractivity contribution is 7.22. The Balaban J connectivity index is 1.91. The molecule has 0 radical (unpaired) electrons. The van der Waals surface area contributed by atoms with Gasteiger partial charge in [0.1, 0.15) is 10.6 Å². The summed E-state index contributed by atoms with van der Waals surface area (Å²) in [5.41, 5.74) is -0.601. The molecule has 128 valence electrons. The zero-order valence-corrected chi connectivity index (χ0v) is 14.1. The third kappa shape index (κ3) is 3.00. The molecule has 3 rings (SSSR count). The summed E-state index contributed by atoms with van der Waals surface area (Å²) in [6, 6.07) is 2.88. The van der Waals surface area contributed by atoms with E-state index in [1.54, 1.807) is 18.0 Å². The Labute approximate surface area is 141 Å². The molecule has 1 aliphatic heterocycles. The lowest BCUT2D eigenvalue weighted by Crippen LogP contribution is -2.46. The van der Waals surface area contributed by atoms with Crippen molar-refractivity contribution in [2.45, 2.75) is 0 Å². The Morgan fingerprint density at radius 2 is 2.00 bits per heavy atom. The van der Waals surface area contributed by atoms with Crippen molar-refractivity contribution >= 4 is 38.6 Å². The third-order valence-corrected chi connectivity index (χ3v) is 4.85. The minimum absolute atomic E-state index is 0.152. The maximum atomic E-state index is 12.5. The van der Waals surface area contributed by atoms with Crippen molar-refractivity contribution in [1.82, 2.24) is 4.90 Å². The van der Waals surface area contributed by atoms with Gasteiger partial charge in [0, 0.05) is 26.2 Å². The van der Waals surface area contributed by atoms with Crippen molar-refractivity contribution in [2.75, 3.05) is 45.4 Å². The maximum Gasteiger partial charge on any atom is 0.351 e. The van der Waals surface area contributed by atoms with Crippen LogP contribution in [0.2, 0.25) is 0 Å². The summed E-state index contributed by atoms with van der Waals surface area (Å²) >= 11 is 1.26. The molecular weight excluding hydrogens is 336 g/mol. The summed E-state index contributed by atoms with van der Waals surface area (Å²) in [5, 5.41) is 0.617. The summed E-state index contributed by atoms with van der Waals surface area (Å²) < 4.78 is 15.5. The van der Waals surface area contributed by atoms with Crippen LogP contribution in [0.25, 0.3) is 10.3 Å². The lowest BCUT2D eigenvalue weighted by molar-refractivity contribution is 0.0551. The normalized spacial score (nSPS) is 14.7. The van der Waals surface area contributed by atoms with Crippen LogP contribution in [0.4, 0.5) is 9.80 Å². The van der Waals surface area contributed by atoms with Crippen molar-refractivity contribution in [3.8, 4) is 0 Å². The smallest absolute Gasteiger partial charge is 0.351 e. The number of ether oxygens (including phenoxy) is 2. The van der Waals surface area contributed by atoms with Gasteiger partial charge in [0.05, 0.1) is 25.0 Å². The zero-order valence-electron chi connectivity index (χ0n) is 13.2. The molecule has 9 heteroatoms. The molecule has 1 saturated heterocycles. The number of anilines is 1. The van der Waals surface area contributed by atoms with Crippen LogP contribution in [0.3, 0.4) is 0 Å². The van der Waals surface area contributed by atoms with Crippen molar-refractivity contribution in [1.29, 1.82) is 0 Å². The van der Waals surface area contributed by atoms with Crippen LogP contribution >= 0.6 is 11.3 Å². The van der Waals surface area contributed by atoms with Crippen LogP contribution in [0.15, 0.2) is 21.3 Å². The summed E-state index contributed by atoms with van der Waals surface area (Å²) in [6.45, 7) is 2.11. The van der Waals surface area contributed by atoms with Crippen LogP contribution in [0, 0.1) is 0 Å². The number of rotatable bonds is 2. The lowest BCUT2D eigenvalue weighted by Gasteiger charge is -2.30. The Bertz CT molecular complexity index is 836. The van der Waals surface area contributed by atoms with Gasteiger partial charge in [-0.05, 0) is 6.07 Å². The molecule has 0 aromatic carbocycles. The van der Waals surface area contributed by atoms with E-state index in [4.69, 9.17) is 9.15 Å². The van der Waals surface area contributed by atoms with Gasteiger partial charge in [-0.3, -0.25) is 4.90 Å². The second kappa shape index (κ2) is 6.62. The van der Waals surface area contributed by atoms with E-state index in [-0.39, 0.29) is 11.6 Å². The second-order valence-corrected chi connectivity index (χ2v) is 6.26. The number of nitrogens with zero attached hydrogens (tertiary/aromatic N) is 2. The fraction of sp³-hybridized carbons (Fsp3) is 0.400. The molecule has 0 unspecified atom stereocenters. The number of carbonyl (C=O) groups excluding carboxylic acids is 2. The minimum Gasteiger partial charge on any atom is -0.465 e. The van der Waals surface area contributed by atoms with E-state index in [0.29, 0.717) is 41.6 Å². The van der Waals surface area contributed by atoms with E-state index in [9.17, 15) is 14.4 Å². The van der Waals surface area contributed by atoms with Crippen molar-refractivity contribution in [2.24, 2.45) is 0 Å². The summed E-state index contributed by atoms with van der Waals surface area (Å²) in [7, 11) is 2.85. The lowest BCUT2D eigenvalue weighted by atomic mass is 10.3. The van der Waals surface area contributed by atoms with Gasteiger partial charge in [-0.25, -0.2) is 14.4 Å². The first-order valence-corrected chi connectivity index (χ1v) is 8.09. The number of methoxy groups -OCH3 is 1. The molecule has 2 aromatic rings. The highest BCUT2D eigenvalue weighted by atomic mass is 32.1. The van der Waals surface area contributed by atoms with E-state index in [1.807, 2.05) is 0 Å². The molecule has 24 heavy (non-hydrogen) atoms. The van der Waals surface area contributed by atoms with Crippen LogP contribution in [-0.4, -0.2) is 57.4 Å². The largest absolute Gasteiger partial charge is 0.465 e. The highest BCUT2D eigenvalue weighted by Crippen LogP contribution is 2.32. The third-order valence-electron chi connectivity index (χ3n) is 3.71. The zero-order chi connectivity index (χ0) is 17.3. The Morgan fingerprint density at radius 3 is 2.67 bits per heavy atom. The number of esters is 1. The predicted molar refractivity (Wildman–Crippen MR) is 87.9 cm³/mol. The molecular formula is C15H16N2O6S. The SMILES string of the molecule is COC(=O)c1cc2sc(N(C)C(=O)N3CCOCC3)cc2oc1=O. The van der Waals surface area contributed by atoms with Gasteiger partial charge in [-0.2, -0.15) is 0 Å². The number of hydrogen-bond acceptors (Lipinski definition) is 7. The topological polar surface area (TPSA) is 89.3 Å². The number of thiophene rings is 1. The second-order valence-electron chi connectivity index (χ2n) is 5.19. The average molecular weight is 352 g/mol. The maximum absolute atomic E-state index is 12.5. The summed E-state index contributed by atoms with van der Waals surface area (Å²) in [5.74, 6) is -0.752. The fourth-order valence-electron chi connectivity index (χ4n) is 2.38. The van der Waals surface area contributed by atoms with Crippen molar-refractivity contribution < 1.29 is 23.5 Å². The van der Waals surface area contributed by atoms with Gasteiger partial charge >= 0.3 is 17.6 Å². The van der Waals surface area contributed by atoms with Gasteiger partial charge in [0.2, 0.25) is 0 Å². The number of urea groups is 1. The molecule has 0 aliphatic carbocycles. The number of hydrogen-bond donors (Lipinski definition) is 0. The number of fused-ring (bicyclic) bond motifs is 1. The van der Waals surface area contributed by atoms with Crippen LogP contribution < -0.4 is 10.5 Å². The first-order valence-electron chi connectivity index (χ1n) is 7.27. The molecule has 0 N–H and O–H groups in total. The minimum atomic E-state index is -0.763. The molecule has 0 saturated carbocycles. The molecule has 1 fully saturated rings. The molecule has 8 nitrogen and oxygen atoms in total. The van der Waals surface area contributed by atoms with Gasteiger partial charge in [-0.15, -0.1) is 11.3 Å². The van der Waals surface area contributed by atoms with Crippen LogP contribution in [0.5, 0.6) is 0 Å². The molecule has 1 aliphatic rings. The van der Waals surface area contributed by atoms with Crippen LogP contribution in [-0.2, 0) is 9.47 Å². The number of morpholine rings is 1. The first-order chi connectivity index (χ1) is 11.5. The molecule has 0 atom stereocenters. The van der Waals surface area contributed by atoms with Gasteiger partial charge < -0.3 is 18.8 Å². The Morgan fingerprint density at radius 1 is 1.29 bits per heavy atom. The highest BCUT2D eigenvalue weighted by Gasteiger charge is 2.23. The average Bonchev–Trinajstić information content (AvgIpc) is 3.02. The van der Waals surface area contributed by atoms with Gasteiger partial charge in [-0.1, -0.05) is 0 Å². The van der Waals surface area contributed by atoms with Gasteiger partial charge in [0.25, 0.3) is 0 Å². The molecule has 0 spiro atoms. The number of amides is 2. The van der Waals surface area contributed by atoms with Crippen LogP contribution in [0.1, 0.15) is 10.4 Å². The predicted octanol–water partition coefficient (Wildman–Crippen LogP) is 1.53. The fourth-order valence-corrected chi connectivity index (χ4v) is 3.36. The molecule has 2 aromatic heterocycles. The molecule has 0 bridgehead atoms. The van der Waals surface area contributed by atoms with E-state index >= 15 is 0 Å². The molecule has 2 amide bonds. The van der Waals surface area contributed by atoms with E-state index < -0.39 is 11.6 Å². The van der Waals surface area contributed by atoms with E-state index in [1.165, 1.54) is 29.4 Å². The quantitative estimate of drug-likeness (QED) is 0.762. The monoisotopic (exact) mass is 352 g/mol. The first kappa shape index (κ1) is 16.5. The van der Waals surface area contributed by atoms with Crippen molar-refractivity contribution in [3.63, 3.8) is 0 Å².